The number of hydrogen-bond acceptors (Lipinski definition) is 6. The van der Waals surface area contributed by atoms with E-state index >= 15 is 0 Å². The number of halogens is 1. The van der Waals surface area contributed by atoms with Crippen LogP contribution >= 0.6 is 0 Å². The number of pyridine rings is 1. The van der Waals surface area contributed by atoms with Crippen LogP contribution in [0, 0.1) is 11.2 Å². The molecule has 0 radical (unpaired) electrons. The summed E-state index contributed by atoms with van der Waals surface area (Å²) in [6, 6.07) is 17.3. The Kier molecular flexibility index (Phi) is 5.35. The fourth-order valence-corrected chi connectivity index (χ4v) is 3.79. The standard InChI is InChI=1S/C25H18FN7O/c1-2-28-25(34)18-7-5-17(13-20(18)26)22-9-10-23-30-31-24(33(23)32-22)19(14-27)15-6-8-21-16(12-15)4-3-11-29-21/h2-14,19,27H,1H2,(H,28,34). The second-order valence-electron chi connectivity index (χ2n) is 7.52. The van der Waals surface area contributed by atoms with Crippen molar-refractivity contribution in [2.45, 2.75) is 5.92 Å². The van der Waals surface area contributed by atoms with Gasteiger partial charge in [0.2, 0.25) is 0 Å². The fourth-order valence-electron chi connectivity index (χ4n) is 3.79. The maximum atomic E-state index is 14.6. The van der Waals surface area contributed by atoms with E-state index in [0.717, 1.165) is 16.5 Å². The Labute approximate surface area is 193 Å². The summed E-state index contributed by atoms with van der Waals surface area (Å²) in [5.41, 5.74) is 3.06. The molecule has 0 aliphatic carbocycles. The molecule has 0 fully saturated rings. The number of hydrogen-bond donors (Lipinski definition) is 2. The van der Waals surface area contributed by atoms with Crippen molar-refractivity contribution in [3.05, 3.63) is 102 Å². The average molecular weight is 451 g/mol. The van der Waals surface area contributed by atoms with Gasteiger partial charge in [0.15, 0.2) is 11.5 Å². The van der Waals surface area contributed by atoms with Gasteiger partial charge in [0, 0.05) is 23.4 Å². The molecule has 3 aromatic heterocycles. The van der Waals surface area contributed by atoms with Crippen LogP contribution < -0.4 is 5.32 Å². The highest BCUT2D eigenvalue weighted by Crippen LogP contribution is 2.26. The molecule has 1 unspecified atom stereocenters. The van der Waals surface area contributed by atoms with Crippen LogP contribution in [0.4, 0.5) is 4.39 Å². The predicted octanol–water partition coefficient (Wildman–Crippen LogP) is 4.13. The molecule has 5 aromatic rings. The molecule has 0 aliphatic heterocycles. The molecule has 1 atom stereocenters. The second kappa shape index (κ2) is 8.62. The van der Waals surface area contributed by atoms with E-state index in [1.54, 1.807) is 28.9 Å². The lowest BCUT2D eigenvalue weighted by Crippen LogP contribution is -2.18. The zero-order valence-corrected chi connectivity index (χ0v) is 17.8. The van der Waals surface area contributed by atoms with Crippen molar-refractivity contribution in [2.75, 3.05) is 0 Å². The fraction of sp³-hybridized carbons (Fsp3) is 0.0400. The molecule has 8 nitrogen and oxygen atoms in total. The highest BCUT2D eigenvalue weighted by atomic mass is 19.1. The van der Waals surface area contributed by atoms with Crippen molar-refractivity contribution in [1.82, 2.24) is 30.1 Å². The number of nitrogens with one attached hydrogen (secondary N) is 2. The van der Waals surface area contributed by atoms with Crippen molar-refractivity contribution in [3.63, 3.8) is 0 Å². The van der Waals surface area contributed by atoms with E-state index in [9.17, 15) is 9.18 Å². The summed E-state index contributed by atoms with van der Waals surface area (Å²) in [5.74, 6) is -1.30. The van der Waals surface area contributed by atoms with E-state index in [1.807, 2.05) is 30.3 Å². The molecule has 0 saturated heterocycles. The Balaban J connectivity index is 1.56. The van der Waals surface area contributed by atoms with Crippen molar-refractivity contribution >= 4 is 28.7 Å². The minimum absolute atomic E-state index is 0.0932. The molecule has 0 saturated carbocycles. The Hall–Kier alpha value is -4.79. The number of carbonyl (C=O) groups is 1. The number of aromatic nitrogens is 5. The Morgan fingerprint density at radius 2 is 2.00 bits per heavy atom. The van der Waals surface area contributed by atoms with Crippen LogP contribution in [0.2, 0.25) is 0 Å². The first-order valence-corrected chi connectivity index (χ1v) is 10.4. The van der Waals surface area contributed by atoms with E-state index in [0.29, 0.717) is 22.7 Å². The van der Waals surface area contributed by atoms with Gasteiger partial charge in [0.1, 0.15) is 5.82 Å². The van der Waals surface area contributed by atoms with Gasteiger partial charge in [-0.25, -0.2) is 4.39 Å². The summed E-state index contributed by atoms with van der Waals surface area (Å²) in [5, 5.41) is 24.4. The van der Waals surface area contributed by atoms with Crippen LogP contribution in [-0.4, -0.2) is 36.9 Å². The molecule has 0 bridgehead atoms. The monoisotopic (exact) mass is 451 g/mol. The minimum atomic E-state index is -0.676. The first-order valence-electron chi connectivity index (χ1n) is 10.4. The lowest BCUT2D eigenvalue weighted by Gasteiger charge is -2.12. The highest BCUT2D eigenvalue weighted by Gasteiger charge is 2.20. The van der Waals surface area contributed by atoms with Gasteiger partial charge in [0.05, 0.1) is 22.7 Å². The third kappa shape index (κ3) is 3.69. The number of carbonyl (C=O) groups excluding carboxylic acids is 1. The van der Waals surface area contributed by atoms with E-state index in [1.165, 1.54) is 24.5 Å². The predicted molar refractivity (Wildman–Crippen MR) is 126 cm³/mol. The molecular weight excluding hydrogens is 433 g/mol. The summed E-state index contributed by atoms with van der Waals surface area (Å²) in [6.45, 7) is 3.41. The lowest BCUT2D eigenvalue weighted by atomic mass is 9.98. The van der Waals surface area contributed by atoms with Crippen LogP contribution in [0.3, 0.4) is 0 Å². The third-order valence-corrected chi connectivity index (χ3v) is 5.46. The third-order valence-electron chi connectivity index (χ3n) is 5.46. The van der Waals surface area contributed by atoms with Gasteiger partial charge in [-0.2, -0.15) is 9.61 Å². The molecule has 3 heterocycles. The van der Waals surface area contributed by atoms with Gasteiger partial charge in [0.25, 0.3) is 5.91 Å². The number of rotatable bonds is 6. The van der Waals surface area contributed by atoms with Crippen LogP contribution in [0.15, 0.2) is 79.6 Å². The van der Waals surface area contributed by atoms with E-state index in [-0.39, 0.29) is 5.56 Å². The van der Waals surface area contributed by atoms with E-state index in [4.69, 9.17) is 5.41 Å². The van der Waals surface area contributed by atoms with Crippen molar-refractivity contribution < 1.29 is 9.18 Å². The lowest BCUT2D eigenvalue weighted by molar-refractivity contribution is 0.0966. The van der Waals surface area contributed by atoms with E-state index in [2.05, 4.69) is 32.2 Å². The molecule has 34 heavy (non-hydrogen) atoms. The van der Waals surface area contributed by atoms with Gasteiger partial charge in [-0.05, 0) is 54.2 Å². The summed E-state index contributed by atoms with van der Waals surface area (Å²) in [7, 11) is 0. The molecule has 1 amide bonds. The number of amides is 1. The zero-order chi connectivity index (χ0) is 23.7. The Bertz CT molecular complexity index is 1580. The molecule has 0 aliphatic rings. The largest absolute Gasteiger partial charge is 0.329 e. The van der Waals surface area contributed by atoms with Gasteiger partial charge < -0.3 is 10.7 Å². The molecular formula is C25H18FN7O. The maximum absolute atomic E-state index is 14.6. The number of benzene rings is 2. The first kappa shape index (κ1) is 21.1. The molecule has 5 rings (SSSR count). The normalized spacial score (nSPS) is 11.9. The zero-order valence-electron chi connectivity index (χ0n) is 17.8. The summed E-state index contributed by atoms with van der Waals surface area (Å²) in [4.78, 5) is 16.3. The Morgan fingerprint density at radius 1 is 1.12 bits per heavy atom. The molecule has 0 spiro atoms. The van der Waals surface area contributed by atoms with Crippen molar-refractivity contribution in [3.8, 4) is 11.3 Å². The molecule has 2 N–H and O–H groups in total. The molecule has 9 heteroatoms. The van der Waals surface area contributed by atoms with Crippen LogP contribution in [-0.2, 0) is 0 Å². The smallest absolute Gasteiger partial charge is 0.258 e. The summed E-state index contributed by atoms with van der Waals surface area (Å²) >= 11 is 0. The molecule has 166 valence electrons. The van der Waals surface area contributed by atoms with Crippen molar-refractivity contribution in [1.29, 1.82) is 5.41 Å². The maximum Gasteiger partial charge on any atom is 0.258 e. The van der Waals surface area contributed by atoms with E-state index < -0.39 is 17.6 Å². The quantitative estimate of drug-likeness (QED) is 0.377. The van der Waals surface area contributed by atoms with Gasteiger partial charge in [-0.3, -0.25) is 9.78 Å². The summed E-state index contributed by atoms with van der Waals surface area (Å²) < 4.78 is 16.1. The average Bonchev–Trinajstić information content (AvgIpc) is 3.27. The van der Waals surface area contributed by atoms with Crippen LogP contribution in [0.5, 0.6) is 0 Å². The van der Waals surface area contributed by atoms with Gasteiger partial charge in [-0.1, -0.05) is 24.8 Å². The van der Waals surface area contributed by atoms with Crippen LogP contribution in [0.1, 0.15) is 27.7 Å². The number of nitrogens with zero attached hydrogens (tertiary/aromatic N) is 5. The number of fused-ring (bicyclic) bond motifs is 2. The van der Waals surface area contributed by atoms with Gasteiger partial charge >= 0.3 is 0 Å². The first-order chi connectivity index (χ1) is 16.6. The SMILES string of the molecule is C=CNC(=O)c1ccc(-c2ccc3nnc(C(C=N)c4ccc5ncccc5c4)n3n2)cc1F. The van der Waals surface area contributed by atoms with Crippen LogP contribution in [0.25, 0.3) is 27.8 Å². The summed E-state index contributed by atoms with van der Waals surface area (Å²) in [6.07, 6.45) is 4.22. The highest BCUT2D eigenvalue weighted by molar-refractivity contribution is 5.95. The molecule has 2 aromatic carbocycles. The Morgan fingerprint density at radius 3 is 2.79 bits per heavy atom. The second-order valence-corrected chi connectivity index (χ2v) is 7.52. The van der Waals surface area contributed by atoms with Gasteiger partial charge in [-0.15, -0.1) is 10.2 Å². The minimum Gasteiger partial charge on any atom is -0.329 e. The topological polar surface area (TPSA) is 109 Å². The van der Waals surface area contributed by atoms with Crippen molar-refractivity contribution in [2.24, 2.45) is 0 Å².